The standard InChI is InChI=1S/C11H12ClNOS/c1-13(2)11(14)10(8-12)15-9-6-4-3-5-7-9/h3-8H,1-2H3/b10-8-. The number of likely N-dealkylation sites (N-methyl/N-ethyl adjacent to an activating group) is 1. The van der Waals surface area contributed by atoms with Crippen molar-refractivity contribution in [3.8, 4) is 0 Å². The van der Waals surface area contributed by atoms with E-state index in [2.05, 4.69) is 0 Å². The van der Waals surface area contributed by atoms with Crippen molar-refractivity contribution in [3.05, 3.63) is 40.8 Å². The first-order valence-electron chi connectivity index (χ1n) is 4.40. The number of hydrogen-bond donors (Lipinski definition) is 0. The molecule has 1 amide bonds. The van der Waals surface area contributed by atoms with Crippen molar-refractivity contribution in [2.45, 2.75) is 4.90 Å². The molecule has 1 aromatic carbocycles. The summed E-state index contributed by atoms with van der Waals surface area (Å²) < 4.78 is 0. The monoisotopic (exact) mass is 241 g/mol. The molecule has 0 N–H and O–H groups in total. The van der Waals surface area contributed by atoms with Crippen molar-refractivity contribution >= 4 is 29.3 Å². The highest BCUT2D eigenvalue weighted by Crippen LogP contribution is 2.27. The summed E-state index contributed by atoms with van der Waals surface area (Å²) in [5.74, 6) is -0.0844. The summed E-state index contributed by atoms with van der Waals surface area (Å²) in [6.45, 7) is 0. The average Bonchev–Trinajstić information content (AvgIpc) is 2.26. The third kappa shape index (κ3) is 3.61. The van der Waals surface area contributed by atoms with Crippen LogP contribution in [0.3, 0.4) is 0 Å². The molecule has 1 rings (SSSR count). The molecule has 0 atom stereocenters. The predicted molar refractivity (Wildman–Crippen MR) is 64.9 cm³/mol. The van der Waals surface area contributed by atoms with Crippen LogP contribution in [0.5, 0.6) is 0 Å². The summed E-state index contributed by atoms with van der Waals surface area (Å²) in [4.78, 5) is 14.7. The minimum atomic E-state index is -0.0844. The highest BCUT2D eigenvalue weighted by Gasteiger charge is 2.12. The molecule has 0 aliphatic rings. The molecule has 0 aliphatic carbocycles. The van der Waals surface area contributed by atoms with Crippen molar-refractivity contribution in [3.63, 3.8) is 0 Å². The molecule has 0 fully saturated rings. The molecule has 15 heavy (non-hydrogen) atoms. The Labute approximate surface area is 98.9 Å². The van der Waals surface area contributed by atoms with Crippen LogP contribution >= 0.6 is 23.4 Å². The van der Waals surface area contributed by atoms with E-state index in [-0.39, 0.29) is 5.91 Å². The number of carbonyl (C=O) groups excluding carboxylic acids is 1. The molecular formula is C11H12ClNOS. The van der Waals surface area contributed by atoms with Crippen LogP contribution < -0.4 is 0 Å². The van der Waals surface area contributed by atoms with E-state index < -0.39 is 0 Å². The van der Waals surface area contributed by atoms with Crippen LogP contribution in [0.4, 0.5) is 0 Å². The second kappa shape index (κ2) is 5.83. The van der Waals surface area contributed by atoms with Crippen LogP contribution in [0, 0.1) is 0 Å². The van der Waals surface area contributed by atoms with E-state index in [1.165, 1.54) is 22.2 Å². The fraction of sp³-hybridized carbons (Fsp3) is 0.182. The average molecular weight is 242 g/mol. The topological polar surface area (TPSA) is 20.3 Å². The van der Waals surface area contributed by atoms with Gasteiger partial charge in [0.2, 0.25) is 0 Å². The fourth-order valence-electron chi connectivity index (χ4n) is 0.948. The van der Waals surface area contributed by atoms with Gasteiger partial charge in [0, 0.05) is 24.5 Å². The molecule has 0 heterocycles. The van der Waals surface area contributed by atoms with E-state index in [0.717, 1.165) is 4.90 Å². The van der Waals surface area contributed by atoms with Crippen LogP contribution in [0.2, 0.25) is 0 Å². The van der Waals surface area contributed by atoms with Crippen molar-refractivity contribution in [1.29, 1.82) is 0 Å². The second-order valence-electron chi connectivity index (χ2n) is 3.09. The summed E-state index contributed by atoms with van der Waals surface area (Å²) in [6, 6.07) is 9.66. The molecule has 0 unspecified atom stereocenters. The summed E-state index contributed by atoms with van der Waals surface area (Å²) in [5, 5.41) is 0. The zero-order valence-electron chi connectivity index (χ0n) is 8.61. The van der Waals surface area contributed by atoms with Crippen LogP contribution in [-0.2, 0) is 4.79 Å². The summed E-state index contributed by atoms with van der Waals surface area (Å²) >= 11 is 6.99. The van der Waals surface area contributed by atoms with E-state index in [1.807, 2.05) is 30.3 Å². The molecular weight excluding hydrogens is 230 g/mol. The maximum atomic E-state index is 11.6. The van der Waals surface area contributed by atoms with Gasteiger partial charge in [0.15, 0.2) is 0 Å². The SMILES string of the molecule is CN(C)C(=O)/C(=C/Cl)Sc1ccccc1. The van der Waals surface area contributed by atoms with E-state index >= 15 is 0 Å². The minimum absolute atomic E-state index is 0.0844. The third-order valence-electron chi connectivity index (χ3n) is 1.69. The number of amides is 1. The molecule has 80 valence electrons. The maximum absolute atomic E-state index is 11.6. The summed E-state index contributed by atoms with van der Waals surface area (Å²) in [7, 11) is 3.41. The first kappa shape index (κ1) is 12.1. The van der Waals surface area contributed by atoms with Gasteiger partial charge >= 0.3 is 0 Å². The largest absolute Gasteiger partial charge is 0.344 e. The Bertz CT molecular complexity index is 362. The molecule has 2 nitrogen and oxygen atoms in total. The molecule has 0 saturated heterocycles. The quantitative estimate of drug-likeness (QED) is 0.599. The lowest BCUT2D eigenvalue weighted by Crippen LogP contribution is -2.22. The number of hydrogen-bond acceptors (Lipinski definition) is 2. The number of benzene rings is 1. The van der Waals surface area contributed by atoms with Gasteiger partial charge in [0.05, 0.1) is 4.91 Å². The fourth-order valence-corrected chi connectivity index (χ4v) is 2.04. The number of thioether (sulfide) groups is 1. The van der Waals surface area contributed by atoms with Crippen molar-refractivity contribution < 1.29 is 4.79 Å². The van der Waals surface area contributed by atoms with Gasteiger partial charge in [0.25, 0.3) is 5.91 Å². The smallest absolute Gasteiger partial charge is 0.261 e. The number of rotatable bonds is 3. The minimum Gasteiger partial charge on any atom is -0.344 e. The third-order valence-corrected chi connectivity index (χ3v) is 3.05. The first-order valence-corrected chi connectivity index (χ1v) is 5.65. The highest BCUT2D eigenvalue weighted by molar-refractivity contribution is 8.04. The van der Waals surface area contributed by atoms with Crippen LogP contribution in [0.15, 0.2) is 45.7 Å². The van der Waals surface area contributed by atoms with Gasteiger partial charge in [-0.05, 0) is 12.1 Å². The second-order valence-corrected chi connectivity index (χ2v) is 4.42. The number of halogens is 1. The van der Waals surface area contributed by atoms with E-state index in [4.69, 9.17) is 11.6 Å². The zero-order valence-corrected chi connectivity index (χ0v) is 10.2. The van der Waals surface area contributed by atoms with Gasteiger partial charge in [-0.1, -0.05) is 41.6 Å². The van der Waals surface area contributed by atoms with Crippen molar-refractivity contribution in [1.82, 2.24) is 4.90 Å². The molecule has 1 aromatic rings. The number of carbonyl (C=O) groups is 1. The highest BCUT2D eigenvalue weighted by atomic mass is 35.5. The van der Waals surface area contributed by atoms with Gasteiger partial charge in [-0.15, -0.1) is 0 Å². The molecule has 0 radical (unpaired) electrons. The number of nitrogens with zero attached hydrogens (tertiary/aromatic N) is 1. The Morgan fingerprint density at radius 3 is 2.40 bits per heavy atom. The molecule has 4 heteroatoms. The van der Waals surface area contributed by atoms with Crippen molar-refractivity contribution in [2.75, 3.05) is 14.1 Å². The van der Waals surface area contributed by atoms with Gasteiger partial charge in [-0.25, -0.2) is 0 Å². The Morgan fingerprint density at radius 2 is 1.93 bits per heavy atom. The van der Waals surface area contributed by atoms with E-state index in [1.54, 1.807) is 14.1 Å². The Morgan fingerprint density at radius 1 is 1.33 bits per heavy atom. The Kier molecular flexibility index (Phi) is 4.72. The maximum Gasteiger partial charge on any atom is 0.261 e. The summed E-state index contributed by atoms with van der Waals surface area (Å²) in [6.07, 6.45) is 0. The van der Waals surface area contributed by atoms with Gasteiger partial charge in [0.1, 0.15) is 0 Å². The summed E-state index contributed by atoms with van der Waals surface area (Å²) in [5.41, 5.74) is 1.32. The van der Waals surface area contributed by atoms with E-state index in [9.17, 15) is 4.79 Å². The molecule has 0 aromatic heterocycles. The molecule has 0 bridgehead atoms. The van der Waals surface area contributed by atoms with Crippen LogP contribution in [0.1, 0.15) is 0 Å². The molecule has 0 spiro atoms. The van der Waals surface area contributed by atoms with Crippen molar-refractivity contribution in [2.24, 2.45) is 0 Å². The lowest BCUT2D eigenvalue weighted by Gasteiger charge is -2.12. The molecule has 0 saturated carbocycles. The Balaban J connectivity index is 2.76. The van der Waals surface area contributed by atoms with Gasteiger partial charge in [-0.3, -0.25) is 4.79 Å². The van der Waals surface area contributed by atoms with Gasteiger partial charge < -0.3 is 4.90 Å². The van der Waals surface area contributed by atoms with Crippen LogP contribution in [-0.4, -0.2) is 24.9 Å². The predicted octanol–water partition coefficient (Wildman–Crippen LogP) is 2.95. The lowest BCUT2D eigenvalue weighted by molar-refractivity contribution is -0.123. The lowest BCUT2D eigenvalue weighted by atomic mass is 10.4. The van der Waals surface area contributed by atoms with E-state index in [0.29, 0.717) is 4.91 Å². The van der Waals surface area contributed by atoms with Crippen LogP contribution in [0.25, 0.3) is 0 Å². The normalized spacial score (nSPS) is 11.3. The molecule has 0 aliphatic heterocycles. The van der Waals surface area contributed by atoms with Gasteiger partial charge in [-0.2, -0.15) is 0 Å². The zero-order chi connectivity index (χ0) is 11.3. The Hall–Kier alpha value is -0.930. The first-order chi connectivity index (χ1) is 7.15.